The van der Waals surface area contributed by atoms with Crippen LogP contribution in [0.4, 0.5) is 4.39 Å². The van der Waals surface area contributed by atoms with Crippen molar-refractivity contribution in [2.45, 2.75) is 12.6 Å². The van der Waals surface area contributed by atoms with Gasteiger partial charge in [-0.15, -0.1) is 11.3 Å². The van der Waals surface area contributed by atoms with Gasteiger partial charge in [-0.1, -0.05) is 12.1 Å². The van der Waals surface area contributed by atoms with Crippen LogP contribution in [0.2, 0.25) is 0 Å². The summed E-state index contributed by atoms with van der Waals surface area (Å²) < 4.78 is 14.3. The Morgan fingerprint density at radius 3 is 2.74 bits per heavy atom. The van der Waals surface area contributed by atoms with E-state index in [0.29, 0.717) is 13.1 Å². The highest BCUT2D eigenvalue weighted by Crippen LogP contribution is 2.30. The van der Waals surface area contributed by atoms with E-state index in [1.165, 1.54) is 10.9 Å². The maximum atomic E-state index is 13.2. The molecule has 0 bridgehead atoms. The van der Waals surface area contributed by atoms with E-state index in [2.05, 4.69) is 26.9 Å². The molecule has 2 aromatic rings. The second kappa shape index (κ2) is 6.61. The molecule has 1 aromatic heterocycles. The average molecular weight is 343 g/mol. The van der Waals surface area contributed by atoms with Crippen LogP contribution in [-0.2, 0) is 6.54 Å². The molecule has 1 unspecified atom stereocenters. The van der Waals surface area contributed by atoms with Gasteiger partial charge in [-0.25, -0.2) is 4.39 Å². The zero-order chi connectivity index (χ0) is 13.8. The molecular weight excluding hydrogens is 327 g/mol. The largest absolute Gasteiger partial charge is 0.329 e. The lowest BCUT2D eigenvalue weighted by Gasteiger charge is -2.26. The minimum atomic E-state index is -0.200. The molecule has 0 aliphatic rings. The summed E-state index contributed by atoms with van der Waals surface area (Å²) in [5.74, 6) is -0.200. The lowest BCUT2D eigenvalue weighted by molar-refractivity contribution is 0.245. The minimum absolute atomic E-state index is 0.152. The van der Waals surface area contributed by atoms with Gasteiger partial charge in [0.25, 0.3) is 0 Å². The van der Waals surface area contributed by atoms with E-state index in [1.807, 2.05) is 19.2 Å². The summed E-state index contributed by atoms with van der Waals surface area (Å²) in [6, 6.07) is 10.9. The quantitative estimate of drug-likeness (QED) is 0.895. The number of likely N-dealkylation sites (N-methyl/N-ethyl adjacent to an activating group) is 1. The molecule has 102 valence electrons. The van der Waals surface area contributed by atoms with Gasteiger partial charge in [-0.05, 0) is 52.8 Å². The first-order valence-electron chi connectivity index (χ1n) is 6.00. The van der Waals surface area contributed by atoms with Gasteiger partial charge in [0.05, 0.1) is 9.83 Å². The smallest absolute Gasteiger partial charge is 0.123 e. The van der Waals surface area contributed by atoms with E-state index in [0.717, 1.165) is 9.35 Å². The summed E-state index contributed by atoms with van der Waals surface area (Å²) in [6.07, 6.45) is 0. The Bertz CT molecular complexity index is 544. The fourth-order valence-electron chi connectivity index (χ4n) is 2.05. The van der Waals surface area contributed by atoms with E-state index in [1.54, 1.807) is 23.5 Å². The van der Waals surface area contributed by atoms with E-state index >= 15 is 0 Å². The number of rotatable bonds is 5. The molecule has 0 fully saturated rings. The Hall–Kier alpha value is -0.750. The molecule has 5 heteroatoms. The van der Waals surface area contributed by atoms with Gasteiger partial charge >= 0.3 is 0 Å². The second-order valence-electron chi connectivity index (χ2n) is 4.44. The highest BCUT2D eigenvalue weighted by Gasteiger charge is 2.17. The predicted molar refractivity (Wildman–Crippen MR) is 81.7 cm³/mol. The monoisotopic (exact) mass is 342 g/mol. The van der Waals surface area contributed by atoms with Crippen LogP contribution in [0.5, 0.6) is 0 Å². The molecule has 1 heterocycles. The average Bonchev–Trinajstić information content (AvgIpc) is 2.76. The third-order valence-electron chi connectivity index (χ3n) is 3.00. The van der Waals surface area contributed by atoms with Gasteiger partial charge in [0, 0.05) is 18.0 Å². The summed E-state index contributed by atoms with van der Waals surface area (Å²) in [7, 11) is 2.01. The van der Waals surface area contributed by atoms with Crippen molar-refractivity contribution < 1.29 is 4.39 Å². The molecule has 0 amide bonds. The molecule has 1 atom stereocenters. The summed E-state index contributed by atoms with van der Waals surface area (Å²) in [5, 5.41) is 0. The molecule has 1 aromatic carbocycles. The molecular formula is C14H16BrFN2S. The van der Waals surface area contributed by atoms with Crippen molar-refractivity contribution in [2.75, 3.05) is 13.6 Å². The number of benzene rings is 1. The lowest BCUT2D eigenvalue weighted by atomic mass is 10.1. The van der Waals surface area contributed by atoms with Crippen molar-refractivity contribution in [1.82, 2.24) is 4.90 Å². The Kier molecular flexibility index (Phi) is 5.10. The number of nitrogens with two attached hydrogens (primary N) is 1. The molecule has 0 saturated heterocycles. The summed E-state index contributed by atoms with van der Waals surface area (Å²) >= 11 is 5.15. The van der Waals surface area contributed by atoms with Gasteiger partial charge in [0.2, 0.25) is 0 Å². The van der Waals surface area contributed by atoms with Crippen molar-refractivity contribution >= 4 is 27.3 Å². The first-order valence-corrected chi connectivity index (χ1v) is 7.61. The first kappa shape index (κ1) is 14.7. The van der Waals surface area contributed by atoms with Crippen LogP contribution in [0.3, 0.4) is 0 Å². The van der Waals surface area contributed by atoms with Crippen LogP contribution in [0.25, 0.3) is 0 Å². The topological polar surface area (TPSA) is 29.3 Å². The van der Waals surface area contributed by atoms with Crippen LogP contribution in [0.1, 0.15) is 16.5 Å². The third-order valence-corrected chi connectivity index (χ3v) is 4.72. The normalized spacial score (nSPS) is 12.9. The Morgan fingerprint density at radius 1 is 1.37 bits per heavy atom. The SMILES string of the molecule is CN(Cc1cccc(F)c1)C(CN)c1ccc(Br)s1. The van der Waals surface area contributed by atoms with Crippen molar-refractivity contribution in [3.05, 3.63) is 56.4 Å². The van der Waals surface area contributed by atoms with E-state index in [9.17, 15) is 4.39 Å². The van der Waals surface area contributed by atoms with Gasteiger partial charge in [-0.2, -0.15) is 0 Å². The standard InChI is InChI=1S/C14H16BrFN2S/c1-18(9-10-3-2-4-11(16)7-10)12(8-17)13-5-6-14(15)19-13/h2-7,12H,8-9,17H2,1H3. The molecule has 0 saturated carbocycles. The van der Waals surface area contributed by atoms with Crippen LogP contribution in [0.15, 0.2) is 40.2 Å². The molecule has 0 aliphatic heterocycles. The fraction of sp³-hybridized carbons (Fsp3) is 0.286. The van der Waals surface area contributed by atoms with Crippen LogP contribution < -0.4 is 5.73 Å². The number of nitrogens with zero attached hydrogens (tertiary/aromatic N) is 1. The molecule has 0 spiro atoms. The number of thiophene rings is 1. The zero-order valence-corrected chi connectivity index (χ0v) is 13.0. The van der Waals surface area contributed by atoms with Gasteiger partial charge in [0.1, 0.15) is 5.82 Å². The van der Waals surface area contributed by atoms with Crippen LogP contribution in [-0.4, -0.2) is 18.5 Å². The Balaban J connectivity index is 2.11. The maximum Gasteiger partial charge on any atom is 0.123 e. The lowest BCUT2D eigenvalue weighted by Crippen LogP contribution is -2.29. The van der Waals surface area contributed by atoms with Crippen LogP contribution >= 0.6 is 27.3 Å². The van der Waals surface area contributed by atoms with Gasteiger partial charge < -0.3 is 5.73 Å². The fourth-order valence-corrected chi connectivity index (χ4v) is 3.66. The zero-order valence-electron chi connectivity index (χ0n) is 10.6. The van der Waals surface area contributed by atoms with Gasteiger partial charge in [0.15, 0.2) is 0 Å². The molecule has 0 aliphatic carbocycles. The number of hydrogen-bond donors (Lipinski definition) is 1. The first-order chi connectivity index (χ1) is 9.10. The van der Waals surface area contributed by atoms with Crippen molar-refractivity contribution in [1.29, 1.82) is 0 Å². The van der Waals surface area contributed by atoms with E-state index in [-0.39, 0.29) is 11.9 Å². The highest BCUT2D eigenvalue weighted by atomic mass is 79.9. The van der Waals surface area contributed by atoms with Crippen molar-refractivity contribution in [2.24, 2.45) is 5.73 Å². The summed E-state index contributed by atoms with van der Waals surface area (Å²) in [4.78, 5) is 3.36. The second-order valence-corrected chi connectivity index (χ2v) is 6.93. The number of hydrogen-bond acceptors (Lipinski definition) is 3. The summed E-state index contributed by atoms with van der Waals surface area (Å²) in [5.41, 5.74) is 6.83. The molecule has 2 rings (SSSR count). The van der Waals surface area contributed by atoms with E-state index < -0.39 is 0 Å². The Labute approximate surface area is 125 Å². The van der Waals surface area contributed by atoms with Crippen molar-refractivity contribution in [3.8, 4) is 0 Å². The van der Waals surface area contributed by atoms with Crippen LogP contribution in [0, 0.1) is 5.82 Å². The molecule has 19 heavy (non-hydrogen) atoms. The molecule has 0 radical (unpaired) electrons. The highest BCUT2D eigenvalue weighted by molar-refractivity contribution is 9.11. The van der Waals surface area contributed by atoms with E-state index in [4.69, 9.17) is 5.73 Å². The Morgan fingerprint density at radius 2 is 2.16 bits per heavy atom. The predicted octanol–water partition coefficient (Wildman–Crippen LogP) is 3.78. The van der Waals surface area contributed by atoms with Crippen molar-refractivity contribution in [3.63, 3.8) is 0 Å². The number of halogens is 2. The summed E-state index contributed by atoms with van der Waals surface area (Å²) in [6.45, 7) is 1.22. The molecule has 2 N–H and O–H groups in total. The third kappa shape index (κ3) is 3.86. The maximum absolute atomic E-state index is 13.2. The van der Waals surface area contributed by atoms with Gasteiger partial charge in [-0.3, -0.25) is 4.90 Å². The molecule has 2 nitrogen and oxygen atoms in total. The minimum Gasteiger partial charge on any atom is -0.329 e.